The van der Waals surface area contributed by atoms with E-state index in [0.717, 1.165) is 0 Å². The van der Waals surface area contributed by atoms with E-state index in [4.69, 9.17) is 33.6 Å². The maximum atomic E-state index is 11.4. The molecule has 0 atom stereocenters. The first-order valence-electron chi connectivity index (χ1n) is 9.58. The molecule has 0 aliphatic carbocycles. The monoisotopic (exact) mass is 419 g/mol. The number of nitrogens with one attached hydrogen (secondary N) is 1. The summed E-state index contributed by atoms with van der Waals surface area (Å²) in [6.45, 7) is 1.36. The van der Waals surface area contributed by atoms with Crippen LogP contribution in [0.2, 0.25) is 0 Å². The van der Waals surface area contributed by atoms with Gasteiger partial charge < -0.3 is 28.4 Å². The molecule has 0 spiro atoms. The maximum Gasteiger partial charge on any atom is 0.269 e. The zero-order chi connectivity index (χ0) is 21.0. The number of carbonyl (C=O) groups excluding carboxylic acids is 1. The van der Waals surface area contributed by atoms with Crippen molar-refractivity contribution in [3.05, 3.63) is 48.5 Å². The topological polar surface area (TPSA) is 105 Å². The Bertz CT molecular complexity index is 745. The van der Waals surface area contributed by atoms with Crippen molar-refractivity contribution in [1.29, 1.82) is 0 Å². The van der Waals surface area contributed by atoms with E-state index >= 15 is 0 Å². The molecule has 162 valence electrons. The minimum atomic E-state index is -0.672. The lowest BCUT2D eigenvalue weighted by Crippen LogP contribution is -2.33. The summed E-state index contributed by atoms with van der Waals surface area (Å²) in [5.74, 6) is 1.54. The molecule has 0 radical (unpaired) electrons. The van der Waals surface area contributed by atoms with Crippen molar-refractivity contribution in [2.24, 2.45) is 0 Å². The van der Waals surface area contributed by atoms with E-state index in [1.54, 1.807) is 24.3 Å². The Morgan fingerprint density at radius 1 is 0.833 bits per heavy atom. The molecule has 0 bridgehead atoms. The molecule has 1 amide bonds. The van der Waals surface area contributed by atoms with Gasteiger partial charge >= 0.3 is 0 Å². The number of fused-ring (bicyclic) bond motifs is 2. The summed E-state index contributed by atoms with van der Waals surface area (Å²) in [6, 6.07) is 14.5. The Kier molecular flexibility index (Phi) is 8.58. The third-order valence-corrected chi connectivity index (χ3v) is 4.09. The molecule has 2 aromatic carbocycles. The fourth-order valence-electron chi connectivity index (χ4n) is 2.64. The van der Waals surface area contributed by atoms with Gasteiger partial charge in [0.25, 0.3) is 5.91 Å². The molecule has 1 aliphatic heterocycles. The molecular weight excluding hydrogens is 394 g/mol. The zero-order valence-corrected chi connectivity index (χ0v) is 16.5. The van der Waals surface area contributed by atoms with Crippen LogP contribution in [0.4, 0.5) is 0 Å². The molecule has 3 rings (SSSR count). The van der Waals surface area contributed by atoms with Crippen molar-refractivity contribution in [2.75, 3.05) is 46.2 Å². The molecule has 9 nitrogen and oxygen atoms in total. The normalized spacial score (nSPS) is 15.9. The van der Waals surface area contributed by atoms with Crippen LogP contribution in [0.3, 0.4) is 0 Å². The van der Waals surface area contributed by atoms with Crippen LogP contribution >= 0.6 is 0 Å². The van der Waals surface area contributed by atoms with Gasteiger partial charge in [-0.2, -0.15) is 0 Å². The fraction of sp³-hybridized carbons (Fsp3) is 0.381. The van der Waals surface area contributed by atoms with Crippen LogP contribution in [-0.2, 0) is 14.3 Å². The van der Waals surface area contributed by atoms with E-state index in [2.05, 4.69) is 0 Å². The standard InChI is InChI=1S/C21H25NO8/c23-21(22-24)15-28-16-13-29-19-7-3-1-5-17(19)26-11-9-25-10-12-27-18-6-2-4-8-20(18)30-14-16/h1-8,16,24H,9-15H2,(H,22,23). The van der Waals surface area contributed by atoms with E-state index in [1.807, 2.05) is 24.3 Å². The van der Waals surface area contributed by atoms with Crippen molar-refractivity contribution in [3.63, 3.8) is 0 Å². The number of amides is 1. The summed E-state index contributed by atoms with van der Waals surface area (Å²) in [5.41, 5.74) is 1.54. The Balaban J connectivity index is 1.73. The van der Waals surface area contributed by atoms with Gasteiger partial charge in [-0.15, -0.1) is 0 Å². The molecule has 0 fully saturated rings. The second-order valence-corrected chi connectivity index (χ2v) is 6.29. The third-order valence-electron chi connectivity index (χ3n) is 4.09. The molecule has 2 N–H and O–H groups in total. The SMILES string of the molecule is O=C(COC1COc2ccccc2OCCOCCOc2ccccc2OC1)NO. The van der Waals surface area contributed by atoms with E-state index in [-0.39, 0.29) is 19.8 Å². The maximum absolute atomic E-state index is 11.4. The van der Waals surface area contributed by atoms with Crippen LogP contribution < -0.4 is 24.4 Å². The number of rotatable bonds is 3. The smallest absolute Gasteiger partial charge is 0.269 e. The van der Waals surface area contributed by atoms with E-state index < -0.39 is 12.0 Å². The van der Waals surface area contributed by atoms with Crippen molar-refractivity contribution >= 4 is 5.91 Å². The van der Waals surface area contributed by atoms with E-state index in [1.165, 1.54) is 5.48 Å². The molecule has 0 aromatic heterocycles. The molecular formula is C21H25NO8. The van der Waals surface area contributed by atoms with Gasteiger partial charge in [0, 0.05) is 0 Å². The highest BCUT2D eigenvalue weighted by Crippen LogP contribution is 2.28. The lowest BCUT2D eigenvalue weighted by Gasteiger charge is -2.21. The van der Waals surface area contributed by atoms with Crippen LogP contribution in [0.5, 0.6) is 23.0 Å². The Morgan fingerprint density at radius 3 is 1.77 bits per heavy atom. The lowest BCUT2D eigenvalue weighted by molar-refractivity contribution is -0.137. The molecule has 30 heavy (non-hydrogen) atoms. The number of ether oxygens (including phenoxy) is 6. The van der Waals surface area contributed by atoms with Gasteiger partial charge in [0.1, 0.15) is 39.1 Å². The van der Waals surface area contributed by atoms with Crippen LogP contribution in [0.15, 0.2) is 48.5 Å². The van der Waals surface area contributed by atoms with Crippen molar-refractivity contribution < 1.29 is 38.4 Å². The van der Waals surface area contributed by atoms with Gasteiger partial charge in [-0.1, -0.05) is 24.3 Å². The van der Waals surface area contributed by atoms with Crippen molar-refractivity contribution in [3.8, 4) is 23.0 Å². The predicted molar refractivity (Wildman–Crippen MR) is 105 cm³/mol. The number of carbonyl (C=O) groups is 1. The minimum absolute atomic E-state index is 0.0958. The Morgan fingerprint density at radius 2 is 1.30 bits per heavy atom. The van der Waals surface area contributed by atoms with Gasteiger partial charge in [-0.25, -0.2) is 5.48 Å². The number of hydrogen-bond acceptors (Lipinski definition) is 8. The lowest BCUT2D eigenvalue weighted by atomic mass is 10.3. The highest BCUT2D eigenvalue weighted by Gasteiger charge is 2.17. The number of para-hydroxylation sites is 4. The predicted octanol–water partition coefficient (Wildman–Crippen LogP) is 1.82. The Hall–Kier alpha value is -3.01. The van der Waals surface area contributed by atoms with Crippen LogP contribution in [0, 0.1) is 0 Å². The van der Waals surface area contributed by atoms with Gasteiger partial charge in [0.2, 0.25) is 0 Å². The van der Waals surface area contributed by atoms with Crippen LogP contribution in [-0.4, -0.2) is 63.5 Å². The number of hydroxylamine groups is 1. The second-order valence-electron chi connectivity index (χ2n) is 6.29. The average Bonchev–Trinajstić information content (AvgIpc) is 2.78. The first-order valence-corrected chi connectivity index (χ1v) is 9.58. The summed E-state index contributed by atoms with van der Waals surface area (Å²) in [7, 11) is 0. The molecule has 0 unspecified atom stereocenters. The molecule has 2 aromatic rings. The quantitative estimate of drug-likeness (QED) is 0.574. The largest absolute Gasteiger partial charge is 0.487 e. The summed E-state index contributed by atoms with van der Waals surface area (Å²) in [4.78, 5) is 11.4. The van der Waals surface area contributed by atoms with E-state index in [0.29, 0.717) is 49.4 Å². The number of benzene rings is 2. The van der Waals surface area contributed by atoms with Gasteiger partial charge in [-0.3, -0.25) is 10.0 Å². The summed E-state index contributed by atoms with van der Waals surface area (Å²) in [6.07, 6.45) is -0.598. The fourth-order valence-corrected chi connectivity index (χ4v) is 2.64. The average molecular weight is 419 g/mol. The zero-order valence-electron chi connectivity index (χ0n) is 16.5. The molecule has 1 aliphatic rings. The molecule has 0 saturated carbocycles. The summed E-state index contributed by atoms with van der Waals surface area (Å²) >= 11 is 0. The second kappa shape index (κ2) is 11.9. The Labute approximate surface area is 174 Å². The van der Waals surface area contributed by atoms with Crippen molar-refractivity contribution in [2.45, 2.75) is 6.10 Å². The third kappa shape index (κ3) is 6.80. The van der Waals surface area contributed by atoms with E-state index in [9.17, 15) is 4.79 Å². The number of hydrogen-bond donors (Lipinski definition) is 2. The summed E-state index contributed by atoms with van der Waals surface area (Å²) in [5, 5.41) is 8.70. The summed E-state index contributed by atoms with van der Waals surface area (Å²) < 4.78 is 34.3. The minimum Gasteiger partial charge on any atom is -0.487 e. The first-order chi connectivity index (χ1) is 14.8. The van der Waals surface area contributed by atoms with Gasteiger partial charge in [0.15, 0.2) is 23.0 Å². The van der Waals surface area contributed by atoms with Gasteiger partial charge in [0.05, 0.1) is 13.2 Å². The highest BCUT2D eigenvalue weighted by atomic mass is 16.6. The molecule has 9 heteroatoms. The first kappa shape index (κ1) is 21.7. The molecule has 0 saturated heterocycles. The van der Waals surface area contributed by atoms with Crippen LogP contribution in [0.1, 0.15) is 0 Å². The highest BCUT2D eigenvalue weighted by molar-refractivity contribution is 5.75. The van der Waals surface area contributed by atoms with Crippen molar-refractivity contribution in [1.82, 2.24) is 5.48 Å². The van der Waals surface area contributed by atoms with Crippen LogP contribution in [0.25, 0.3) is 0 Å². The molecule has 1 heterocycles. The van der Waals surface area contributed by atoms with Gasteiger partial charge in [-0.05, 0) is 24.3 Å².